The van der Waals surface area contributed by atoms with Gasteiger partial charge in [0.05, 0.1) is 0 Å². The Bertz CT molecular complexity index is 412. The Hall–Kier alpha value is -0.980. The summed E-state index contributed by atoms with van der Waals surface area (Å²) in [6.45, 7) is 9.56. The van der Waals surface area contributed by atoms with Crippen molar-refractivity contribution in [3.63, 3.8) is 0 Å². The Kier molecular flexibility index (Phi) is 6.60. The molecule has 2 unspecified atom stereocenters. The third kappa shape index (κ3) is 4.76. The number of rotatable bonds is 7. The van der Waals surface area contributed by atoms with Crippen molar-refractivity contribution >= 4 is 5.69 Å². The summed E-state index contributed by atoms with van der Waals surface area (Å²) in [7, 11) is 0. The molecule has 2 rings (SSSR count). The van der Waals surface area contributed by atoms with Gasteiger partial charge < -0.3 is 4.90 Å². The molecule has 1 aliphatic rings. The molecule has 0 fully saturated rings. The smallest absolute Gasteiger partial charge is 0.0401 e. The molecule has 1 heteroatoms. The van der Waals surface area contributed by atoms with Crippen LogP contribution >= 0.6 is 0 Å². The van der Waals surface area contributed by atoms with Gasteiger partial charge in [0.2, 0.25) is 0 Å². The maximum Gasteiger partial charge on any atom is 0.0401 e. The van der Waals surface area contributed by atoms with Gasteiger partial charge >= 0.3 is 0 Å². The normalized spacial score (nSPS) is 22.0. The first-order chi connectivity index (χ1) is 10.2. The monoisotopic (exact) mass is 287 g/mol. The molecule has 1 heterocycles. The van der Waals surface area contributed by atoms with E-state index in [1.54, 1.807) is 5.56 Å². The predicted molar refractivity (Wildman–Crippen MR) is 94.2 cm³/mol. The molecular weight excluding hydrogens is 254 g/mol. The van der Waals surface area contributed by atoms with Gasteiger partial charge in [0.15, 0.2) is 0 Å². The predicted octanol–water partition coefficient (Wildman–Crippen LogP) is 6.00. The van der Waals surface area contributed by atoms with Crippen LogP contribution in [0.2, 0.25) is 0 Å². The van der Waals surface area contributed by atoms with Crippen molar-refractivity contribution in [3.05, 3.63) is 29.8 Å². The van der Waals surface area contributed by atoms with Gasteiger partial charge in [-0.2, -0.15) is 0 Å². The number of nitrogens with zero attached hydrogens (tertiary/aromatic N) is 1. The zero-order chi connectivity index (χ0) is 15.1. The van der Waals surface area contributed by atoms with Crippen molar-refractivity contribution in [1.29, 1.82) is 0 Å². The SMILES string of the molecule is CCCCCCCCN1CC(C)CC(C)c2ccccc21. The molecule has 118 valence electrons. The van der Waals surface area contributed by atoms with E-state index in [-0.39, 0.29) is 0 Å². The Balaban J connectivity index is 1.93. The average Bonchev–Trinajstić information content (AvgIpc) is 2.60. The highest BCUT2D eigenvalue weighted by atomic mass is 15.1. The highest BCUT2D eigenvalue weighted by molar-refractivity contribution is 5.56. The fourth-order valence-corrected chi connectivity index (χ4v) is 3.77. The lowest BCUT2D eigenvalue weighted by Gasteiger charge is -2.27. The quantitative estimate of drug-likeness (QED) is 0.556. The fourth-order valence-electron chi connectivity index (χ4n) is 3.77. The Morgan fingerprint density at radius 1 is 1.00 bits per heavy atom. The summed E-state index contributed by atoms with van der Waals surface area (Å²) in [6, 6.07) is 9.08. The highest BCUT2D eigenvalue weighted by Gasteiger charge is 2.23. The second kappa shape index (κ2) is 8.46. The van der Waals surface area contributed by atoms with E-state index in [1.807, 2.05) is 0 Å². The van der Waals surface area contributed by atoms with Gasteiger partial charge in [-0.1, -0.05) is 71.1 Å². The van der Waals surface area contributed by atoms with Crippen molar-refractivity contribution in [2.75, 3.05) is 18.0 Å². The molecule has 0 radical (unpaired) electrons. The zero-order valence-corrected chi connectivity index (χ0v) is 14.3. The lowest BCUT2D eigenvalue weighted by atomic mass is 9.92. The summed E-state index contributed by atoms with van der Waals surface area (Å²) in [5.41, 5.74) is 3.07. The fraction of sp³-hybridized carbons (Fsp3) is 0.700. The van der Waals surface area contributed by atoms with E-state index in [9.17, 15) is 0 Å². The van der Waals surface area contributed by atoms with Gasteiger partial charge in [0.1, 0.15) is 0 Å². The van der Waals surface area contributed by atoms with E-state index >= 15 is 0 Å². The van der Waals surface area contributed by atoms with E-state index in [4.69, 9.17) is 0 Å². The first-order valence-corrected chi connectivity index (χ1v) is 9.06. The van der Waals surface area contributed by atoms with Crippen LogP contribution < -0.4 is 4.90 Å². The molecule has 0 saturated heterocycles. The first-order valence-electron chi connectivity index (χ1n) is 9.06. The molecule has 0 amide bonds. The lowest BCUT2D eigenvalue weighted by Crippen LogP contribution is -2.28. The van der Waals surface area contributed by atoms with Crippen LogP contribution in [0.1, 0.15) is 77.2 Å². The minimum Gasteiger partial charge on any atom is -0.371 e. The van der Waals surface area contributed by atoms with E-state index in [1.165, 1.54) is 63.7 Å². The molecule has 1 aromatic carbocycles. The molecule has 0 aliphatic carbocycles. The zero-order valence-electron chi connectivity index (χ0n) is 14.3. The van der Waals surface area contributed by atoms with Crippen molar-refractivity contribution in [2.45, 2.75) is 71.6 Å². The number of benzene rings is 1. The molecule has 1 aromatic rings. The van der Waals surface area contributed by atoms with E-state index < -0.39 is 0 Å². The van der Waals surface area contributed by atoms with Crippen LogP contribution in [-0.4, -0.2) is 13.1 Å². The number of hydrogen-bond acceptors (Lipinski definition) is 1. The minimum atomic E-state index is 0.700. The van der Waals surface area contributed by atoms with E-state index in [0.717, 1.165) is 5.92 Å². The molecule has 1 nitrogen and oxygen atoms in total. The number of para-hydroxylation sites is 1. The second-order valence-electron chi connectivity index (χ2n) is 7.01. The van der Waals surface area contributed by atoms with Gasteiger partial charge in [-0.3, -0.25) is 0 Å². The van der Waals surface area contributed by atoms with E-state index in [0.29, 0.717) is 5.92 Å². The van der Waals surface area contributed by atoms with Gasteiger partial charge in [-0.05, 0) is 36.3 Å². The van der Waals surface area contributed by atoms with Crippen molar-refractivity contribution in [2.24, 2.45) is 5.92 Å². The molecule has 0 aromatic heterocycles. The van der Waals surface area contributed by atoms with Crippen LogP contribution in [0, 0.1) is 5.92 Å². The molecule has 0 bridgehead atoms. The van der Waals surface area contributed by atoms with Crippen LogP contribution in [0.5, 0.6) is 0 Å². The third-order valence-electron chi connectivity index (χ3n) is 4.88. The average molecular weight is 287 g/mol. The summed E-state index contributed by atoms with van der Waals surface area (Å²) in [6.07, 6.45) is 9.64. The summed E-state index contributed by atoms with van der Waals surface area (Å²) >= 11 is 0. The standard InChI is InChI=1S/C20H33N/c1-4-5-6-7-8-11-14-21-16-17(2)15-18(3)19-12-9-10-13-20(19)21/h9-10,12-13,17-18H,4-8,11,14-16H2,1-3H3. The number of hydrogen-bond donors (Lipinski definition) is 0. The van der Waals surface area contributed by atoms with Crippen molar-refractivity contribution in [3.8, 4) is 0 Å². The van der Waals surface area contributed by atoms with Crippen LogP contribution in [0.4, 0.5) is 5.69 Å². The third-order valence-corrected chi connectivity index (χ3v) is 4.88. The molecule has 2 atom stereocenters. The molecule has 1 aliphatic heterocycles. The maximum absolute atomic E-state index is 2.66. The van der Waals surface area contributed by atoms with Gasteiger partial charge in [-0.15, -0.1) is 0 Å². The topological polar surface area (TPSA) is 3.24 Å². The maximum atomic E-state index is 2.66. The summed E-state index contributed by atoms with van der Waals surface area (Å²) in [4.78, 5) is 2.66. The van der Waals surface area contributed by atoms with Gasteiger partial charge in [-0.25, -0.2) is 0 Å². The van der Waals surface area contributed by atoms with Gasteiger partial charge in [0, 0.05) is 18.8 Å². The van der Waals surface area contributed by atoms with Gasteiger partial charge in [0.25, 0.3) is 0 Å². The summed E-state index contributed by atoms with van der Waals surface area (Å²) in [5, 5.41) is 0. The Morgan fingerprint density at radius 2 is 1.71 bits per heavy atom. The number of unbranched alkanes of at least 4 members (excludes halogenated alkanes) is 5. The Morgan fingerprint density at radius 3 is 2.52 bits per heavy atom. The molecule has 0 spiro atoms. The first kappa shape index (κ1) is 16.4. The molecule has 0 saturated carbocycles. The number of anilines is 1. The van der Waals surface area contributed by atoms with Crippen molar-refractivity contribution in [1.82, 2.24) is 0 Å². The summed E-state index contributed by atoms with van der Waals surface area (Å²) in [5.74, 6) is 1.50. The largest absolute Gasteiger partial charge is 0.371 e. The number of fused-ring (bicyclic) bond motifs is 1. The molecular formula is C20H33N. The second-order valence-corrected chi connectivity index (χ2v) is 7.01. The van der Waals surface area contributed by atoms with Crippen molar-refractivity contribution < 1.29 is 0 Å². The van der Waals surface area contributed by atoms with Crippen LogP contribution in [0.25, 0.3) is 0 Å². The lowest BCUT2D eigenvalue weighted by molar-refractivity contribution is 0.489. The van der Waals surface area contributed by atoms with E-state index in [2.05, 4.69) is 49.9 Å². The molecule has 0 N–H and O–H groups in total. The van der Waals surface area contributed by atoms with Crippen LogP contribution in [0.15, 0.2) is 24.3 Å². The minimum absolute atomic E-state index is 0.700. The highest BCUT2D eigenvalue weighted by Crippen LogP contribution is 2.36. The Labute approximate surface area is 131 Å². The van der Waals surface area contributed by atoms with Crippen LogP contribution in [0.3, 0.4) is 0 Å². The molecule has 21 heavy (non-hydrogen) atoms. The summed E-state index contributed by atoms with van der Waals surface area (Å²) < 4.78 is 0. The van der Waals surface area contributed by atoms with Crippen LogP contribution in [-0.2, 0) is 0 Å².